The highest BCUT2D eigenvalue weighted by atomic mass is 79.9. The summed E-state index contributed by atoms with van der Waals surface area (Å²) in [5.41, 5.74) is 0.913. The van der Waals surface area contributed by atoms with E-state index in [1.807, 2.05) is 6.07 Å². The Balaban J connectivity index is 1.92. The van der Waals surface area contributed by atoms with E-state index in [1.54, 1.807) is 12.1 Å². The van der Waals surface area contributed by atoms with Gasteiger partial charge in [-0.25, -0.2) is 4.39 Å². The second-order valence-corrected chi connectivity index (χ2v) is 4.98. The molecule has 1 fully saturated rings. The molecule has 1 aromatic rings. The predicted molar refractivity (Wildman–Crippen MR) is 66.2 cm³/mol. The van der Waals surface area contributed by atoms with Gasteiger partial charge in [-0.1, -0.05) is 34.5 Å². The first-order valence-corrected chi connectivity index (χ1v) is 6.85. The Morgan fingerprint density at radius 1 is 1.44 bits per heavy atom. The van der Waals surface area contributed by atoms with Crippen LogP contribution in [0.3, 0.4) is 0 Å². The van der Waals surface area contributed by atoms with Crippen LogP contribution in [0.5, 0.6) is 0 Å². The molecule has 1 saturated carbocycles. The summed E-state index contributed by atoms with van der Waals surface area (Å²) in [5, 5.41) is 0.711. The van der Waals surface area contributed by atoms with Gasteiger partial charge in [-0.2, -0.15) is 0 Å². The molecule has 0 N–H and O–H groups in total. The van der Waals surface area contributed by atoms with E-state index in [-0.39, 0.29) is 11.9 Å². The average Bonchev–Trinajstić information content (AvgIpc) is 2.22. The first kappa shape index (κ1) is 12.1. The monoisotopic (exact) mass is 286 g/mol. The van der Waals surface area contributed by atoms with Gasteiger partial charge in [0, 0.05) is 5.33 Å². The van der Waals surface area contributed by atoms with Crippen LogP contribution in [0.15, 0.2) is 24.3 Å². The zero-order valence-electron chi connectivity index (χ0n) is 9.16. The normalized spacial score (nSPS) is 18.1. The van der Waals surface area contributed by atoms with E-state index in [9.17, 15) is 4.39 Å². The van der Waals surface area contributed by atoms with Gasteiger partial charge in [0.2, 0.25) is 0 Å². The van der Waals surface area contributed by atoms with E-state index in [1.165, 1.54) is 25.3 Å². The van der Waals surface area contributed by atoms with Crippen molar-refractivity contribution >= 4 is 15.9 Å². The highest BCUT2D eigenvalue weighted by molar-refractivity contribution is 9.09. The zero-order chi connectivity index (χ0) is 11.4. The molecule has 1 nitrogen and oxygen atoms in total. The first-order valence-electron chi connectivity index (χ1n) is 5.72. The lowest BCUT2D eigenvalue weighted by atomic mass is 9.86. The lowest BCUT2D eigenvalue weighted by Gasteiger charge is -2.27. The highest BCUT2D eigenvalue weighted by Crippen LogP contribution is 2.29. The summed E-state index contributed by atoms with van der Waals surface area (Å²) in [4.78, 5) is 0. The van der Waals surface area contributed by atoms with Crippen LogP contribution < -0.4 is 0 Å². The van der Waals surface area contributed by atoms with Gasteiger partial charge in [-0.15, -0.1) is 0 Å². The second-order valence-electron chi connectivity index (χ2n) is 4.33. The van der Waals surface area contributed by atoms with Gasteiger partial charge >= 0.3 is 0 Å². The minimum Gasteiger partial charge on any atom is -0.372 e. The van der Waals surface area contributed by atoms with Gasteiger partial charge in [0.1, 0.15) is 5.82 Å². The van der Waals surface area contributed by atoms with E-state index in [0.29, 0.717) is 5.33 Å². The molecule has 1 aromatic carbocycles. The molecule has 0 aromatic heterocycles. The van der Waals surface area contributed by atoms with Crippen molar-refractivity contribution < 1.29 is 9.13 Å². The van der Waals surface area contributed by atoms with Gasteiger partial charge in [-0.05, 0) is 36.5 Å². The fourth-order valence-corrected chi connectivity index (χ4v) is 2.41. The van der Waals surface area contributed by atoms with Crippen molar-refractivity contribution in [3.8, 4) is 0 Å². The lowest BCUT2D eigenvalue weighted by molar-refractivity contribution is 0.0223. The SMILES string of the molecule is Fc1cccc(C(CBr)OCC2CCC2)c1. The number of benzene rings is 1. The van der Waals surface area contributed by atoms with Gasteiger partial charge < -0.3 is 4.74 Å². The van der Waals surface area contributed by atoms with Crippen LogP contribution in [0.2, 0.25) is 0 Å². The molecule has 1 atom stereocenters. The Morgan fingerprint density at radius 3 is 2.81 bits per heavy atom. The molecule has 0 radical (unpaired) electrons. The van der Waals surface area contributed by atoms with E-state index < -0.39 is 0 Å². The highest BCUT2D eigenvalue weighted by Gasteiger charge is 2.20. The van der Waals surface area contributed by atoms with Crippen LogP contribution in [0.25, 0.3) is 0 Å². The molecule has 0 saturated heterocycles. The number of rotatable bonds is 5. The molecule has 16 heavy (non-hydrogen) atoms. The summed E-state index contributed by atoms with van der Waals surface area (Å²) < 4.78 is 18.9. The average molecular weight is 287 g/mol. The van der Waals surface area contributed by atoms with E-state index in [2.05, 4.69) is 15.9 Å². The molecular formula is C13H16BrFO. The van der Waals surface area contributed by atoms with Crippen molar-refractivity contribution in [1.82, 2.24) is 0 Å². The third kappa shape index (κ3) is 3.05. The fourth-order valence-electron chi connectivity index (χ4n) is 1.85. The van der Waals surface area contributed by atoms with Crippen molar-refractivity contribution in [3.05, 3.63) is 35.6 Å². The minimum atomic E-state index is -0.198. The first-order chi connectivity index (χ1) is 7.79. The molecule has 0 heterocycles. The van der Waals surface area contributed by atoms with Crippen LogP contribution in [-0.2, 0) is 4.74 Å². The van der Waals surface area contributed by atoms with Gasteiger partial charge in [-0.3, -0.25) is 0 Å². The molecule has 88 valence electrons. The maximum absolute atomic E-state index is 13.1. The van der Waals surface area contributed by atoms with Gasteiger partial charge in [0.15, 0.2) is 0 Å². The molecule has 0 bridgehead atoms. The Hall–Kier alpha value is -0.410. The van der Waals surface area contributed by atoms with Crippen molar-refractivity contribution in [1.29, 1.82) is 0 Å². The molecular weight excluding hydrogens is 271 g/mol. The minimum absolute atomic E-state index is 0.0312. The standard InChI is InChI=1S/C13H16BrFO/c14-8-13(16-9-10-3-1-4-10)11-5-2-6-12(15)7-11/h2,5-7,10,13H,1,3-4,8-9H2. The van der Waals surface area contributed by atoms with Gasteiger partial charge in [0.25, 0.3) is 0 Å². The third-order valence-electron chi connectivity index (χ3n) is 3.12. The van der Waals surface area contributed by atoms with Crippen LogP contribution in [0, 0.1) is 11.7 Å². The molecule has 3 heteroatoms. The van der Waals surface area contributed by atoms with Crippen LogP contribution >= 0.6 is 15.9 Å². The Bertz CT molecular complexity index is 338. The molecule has 1 aliphatic rings. The summed E-state index contributed by atoms with van der Waals surface area (Å²) in [6, 6.07) is 6.65. The molecule has 1 aliphatic carbocycles. The maximum atomic E-state index is 13.1. The maximum Gasteiger partial charge on any atom is 0.123 e. The third-order valence-corrected chi connectivity index (χ3v) is 3.71. The molecule has 0 amide bonds. The van der Waals surface area contributed by atoms with Crippen molar-refractivity contribution in [2.45, 2.75) is 25.4 Å². The van der Waals surface area contributed by atoms with Crippen LogP contribution in [0.4, 0.5) is 4.39 Å². The summed E-state index contributed by atoms with van der Waals surface area (Å²) in [7, 11) is 0. The molecule has 2 rings (SSSR count). The predicted octanol–water partition coefficient (Wildman–Crippen LogP) is 4.08. The summed E-state index contributed by atoms with van der Waals surface area (Å²) in [6.45, 7) is 0.798. The smallest absolute Gasteiger partial charge is 0.123 e. The number of hydrogen-bond donors (Lipinski definition) is 0. The van der Waals surface area contributed by atoms with Crippen LogP contribution in [0.1, 0.15) is 30.9 Å². The molecule has 0 spiro atoms. The topological polar surface area (TPSA) is 9.23 Å². The number of hydrogen-bond acceptors (Lipinski definition) is 1. The Kier molecular flexibility index (Phi) is 4.36. The van der Waals surface area contributed by atoms with Crippen molar-refractivity contribution in [3.63, 3.8) is 0 Å². The number of ether oxygens (including phenoxy) is 1. The summed E-state index contributed by atoms with van der Waals surface area (Å²) >= 11 is 3.42. The molecule has 1 unspecified atom stereocenters. The van der Waals surface area contributed by atoms with E-state index >= 15 is 0 Å². The van der Waals surface area contributed by atoms with E-state index in [4.69, 9.17) is 4.74 Å². The van der Waals surface area contributed by atoms with Gasteiger partial charge in [0.05, 0.1) is 12.7 Å². The zero-order valence-corrected chi connectivity index (χ0v) is 10.7. The lowest BCUT2D eigenvalue weighted by Crippen LogP contribution is -2.20. The molecule has 0 aliphatic heterocycles. The Morgan fingerprint density at radius 2 is 2.25 bits per heavy atom. The summed E-state index contributed by atoms with van der Waals surface area (Å²) in [5.74, 6) is 0.519. The van der Waals surface area contributed by atoms with Crippen molar-refractivity contribution in [2.75, 3.05) is 11.9 Å². The van der Waals surface area contributed by atoms with Crippen molar-refractivity contribution in [2.24, 2.45) is 5.92 Å². The number of halogens is 2. The van der Waals surface area contributed by atoms with E-state index in [0.717, 1.165) is 18.1 Å². The second kappa shape index (κ2) is 5.78. The quantitative estimate of drug-likeness (QED) is 0.741. The number of alkyl halides is 1. The van der Waals surface area contributed by atoms with Crippen LogP contribution in [-0.4, -0.2) is 11.9 Å². The summed E-state index contributed by atoms with van der Waals surface area (Å²) in [6.07, 6.45) is 3.85. The Labute approximate surface area is 104 Å². The largest absolute Gasteiger partial charge is 0.372 e. The fraction of sp³-hybridized carbons (Fsp3) is 0.538.